The number of carbonyl (C=O) groups excluding carboxylic acids is 2. The van der Waals surface area contributed by atoms with Gasteiger partial charge in [-0.05, 0) is 37.1 Å². The van der Waals surface area contributed by atoms with E-state index in [1.54, 1.807) is 41.5 Å². The van der Waals surface area contributed by atoms with Crippen molar-refractivity contribution in [3.63, 3.8) is 0 Å². The summed E-state index contributed by atoms with van der Waals surface area (Å²) in [6, 6.07) is 3.58. The molecule has 1 aromatic rings. The number of thioether (sulfide) groups is 1. The molecule has 2 amide bonds. The Bertz CT molecular complexity index is 823. The number of rotatable bonds is 6. The summed E-state index contributed by atoms with van der Waals surface area (Å²) in [5.41, 5.74) is 0. The van der Waals surface area contributed by atoms with Crippen LogP contribution in [0.25, 0.3) is 6.08 Å². The van der Waals surface area contributed by atoms with E-state index >= 15 is 0 Å². The van der Waals surface area contributed by atoms with Gasteiger partial charge in [0.25, 0.3) is 5.91 Å². The molecule has 2 aliphatic heterocycles. The van der Waals surface area contributed by atoms with E-state index in [4.69, 9.17) is 21.7 Å². The van der Waals surface area contributed by atoms with E-state index in [-0.39, 0.29) is 30.7 Å². The van der Waals surface area contributed by atoms with Crippen LogP contribution in [0.5, 0.6) is 0 Å². The van der Waals surface area contributed by atoms with Gasteiger partial charge >= 0.3 is 5.97 Å². The number of carboxylic acid groups (broad SMARTS) is 1. The van der Waals surface area contributed by atoms with E-state index in [0.29, 0.717) is 40.9 Å². The van der Waals surface area contributed by atoms with Crippen molar-refractivity contribution in [2.45, 2.75) is 19.3 Å². The van der Waals surface area contributed by atoms with Crippen molar-refractivity contribution in [2.75, 3.05) is 19.6 Å². The summed E-state index contributed by atoms with van der Waals surface area (Å²) < 4.78 is 5.62. The molecule has 28 heavy (non-hydrogen) atoms. The van der Waals surface area contributed by atoms with Crippen LogP contribution in [-0.2, 0) is 14.4 Å². The number of likely N-dealkylation sites (tertiary alicyclic amines) is 1. The first-order chi connectivity index (χ1) is 13.5. The normalized spacial score (nSPS) is 19.9. The van der Waals surface area contributed by atoms with Crippen molar-refractivity contribution in [2.24, 2.45) is 5.92 Å². The average molecular weight is 421 g/mol. The van der Waals surface area contributed by atoms with Gasteiger partial charge in [0.2, 0.25) is 5.91 Å². The number of thiocarbonyl (C=S) groups is 1. The molecule has 0 bridgehead atoms. The average Bonchev–Trinajstić information content (AvgIpc) is 3.29. The Morgan fingerprint density at radius 1 is 1.36 bits per heavy atom. The predicted molar refractivity (Wildman–Crippen MR) is 109 cm³/mol. The molecule has 0 radical (unpaired) electrons. The van der Waals surface area contributed by atoms with Gasteiger partial charge in [0.15, 0.2) is 0 Å². The van der Waals surface area contributed by atoms with Crippen LogP contribution >= 0.6 is 24.0 Å². The lowest BCUT2D eigenvalue weighted by Gasteiger charge is -2.30. The minimum absolute atomic E-state index is 0.0837. The molecule has 2 saturated heterocycles. The third kappa shape index (κ3) is 4.90. The highest BCUT2D eigenvalue weighted by Gasteiger charge is 2.33. The number of aliphatic carboxylic acids is 1. The number of nitrogens with zero attached hydrogens (tertiary/aromatic N) is 2. The summed E-state index contributed by atoms with van der Waals surface area (Å²) in [6.07, 6.45) is 7.82. The Labute approximate surface area is 172 Å². The van der Waals surface area contributed by atoms with Gasteiger partial charge < -0.3 is 14.4 Å². The third-order valence-electron chi connectivity index (χ3n) is 4.67. The number of allylic oxidation sites excluding steroid dienone is 2. The standard InChI is InChI=1S/C19H20N2O5S2/c22-16(20-9-6-13(7-10-20)18(24)25)8-11-21-17(23)15(28-19(21)27)5-1-3-14-4-2-12-26-14/h1-5,12-13H,6-11H2,(H,24,25). The van der Waals surface area contributed by atoms with Crippen LogP contribution in [0, 0.1) is 5.92 Å². The predicted octanol–water partition coefficient (Wildman–Crippen LogP) is 2.75. The quantitative estimate of drug-likeness (QED) is 0.559. The lowest BCUT2D eigenvalue weighted by molar-refractivity contribution is -0.145. The first-order valence-corrected chi connectivity index (χ1v) is 10.1. The first-order valence-electron chi connectivity index (χ1n) is 8.92. The van der Waals surface area contributed by atoms with Crippen molar-refractivity contribution in [3.8, 4) is 0 Å². The largest absolute Gasteiger partial charge is 0.481 e. The second-order valence-corrected chi connectivity index (χ2v) is 8.15. The fourth-order valence-electron chi connectivity index (χ4n) is 3.06. The molecule has 0 spiro atoms. The molecular formula is C19H20N2O5S2. The van der Waals surface area contributed by atoms with Crippen LogP contribution in [0.2, 0.25) is 0 Å². The third-order valence-corrected chi connectivity index (χ3v) is 6.07. The van der Waals surface area contributed by atoms with Gasteiger partial charge in [-0.15, -0.1) is 0 Å². The van der Waals surface area contributed by atoms with Crippen molar-refractivity contribution >= 4 is 52.2 Å². The monoisotopic (exact) mass is 420 g/mol. The number of carboxylic acids is 1. The summed E-state index contributed by atoms with van der Waals surface area (Å²) in [5.74, 6) is -0.798. The zero-order valence-electron chi connectivity index (χ0n) is 15.1. The van der Waals surface area contributed by atoms with Gasteiger partial charge in [-0.1, -0.05) is 30.1 Å². The highest BCUT2D eigenvalue weighted by molar-refractivity contribution is 8.26. The van der Waals surface area contributed by atoms with E-state index in [0.717, 1.165) is 0 Å². The number of amides is 2. The van der Waals surface area contributed by atoms with E-state index in [9.17, 15) is 14.4 Å². The second kappa shape index (κ2) is 9.20. The van der Waals surface area contributed by atoms with Gasteiger partial charge in [-0.2, -0.15) is 0 Å². The van der Waals surface area contributed by atoms with Gasteiger partial charge in [0.05, 0.1) is 17.1 Å². The highest BCUT2D eigenvalue weighted by atomic mass is 32.2. The molecule has 9 heteroatoms. The minimum Gasteiger partial charge on any atom is -0.481 e. The van der Waals surface area contributed by atoms with Crippen molar-refractivity contribution in [3.05, 3.63) is 41.2 Å². The van der Waals surface area contributed by atoms with E-state index in [1.807, 2.05) is 0 Å². The van der Waals surface area contributed by atoms with Crippen LogP contribution in [0.15, 0.2) is 39.9 Å². The second-order valence-electron chi connectivity index (χ2n) is 6.47. The number of piperidine rings is 1. The van der Waals surface area contributed by atoms with Crippen molar-refractivity contribution in [1.82, 2.24) is 9.80 Å². The lowest BCUT2D eigenvalue weighted by atomic mass is 9.97. The Balaban J connectivity index is 1.50. The lowest BCUT2D eigenvalue weighted by Crippen LogP contribution is -2.41. The zero-order valence-corrected chi connectivity index (χ0v) is 16.7. The summed E-state index contributed by atoms with van der Waals surface area (Å²) in [7, 11) is 0. The smallest absolute Gasteiger partial charge is 0.306 e. The molecule has 2 aliphatic rings. The number of hydrogen-bond donors (Lipinski definition) is 1. The summed E-state index contributed by atoms with van der Waals surface area (Å²) in [4.78, 5) is 39.5. The van der Waals surface area contributed by atoms with Crippen LogP contribution in [0.3, 0.4) is 0 Å². The van der Waals surface area contributed by atoms with Gasteiger partial charge in [0, 0.05) is 26.1 Å². The molecule has 3 heterocycles. The van der Waals surface area contributed by atoms with E-state index in [2.05, 4.69) is 0 Å². The van der Waals surface area contributed by atoms with Crippen LogP contribution < -0.4 is 0 Å². The minimum atomic E-state index is -0.808. The highest BCUT2D eigenvalue weighted by Crippen LogP contribution is 2.31. The fourth-order valence-corrected chi connectivity index (χ4v) is 4.32. The molecule has 0 unspecified atom stereocenters. The van der Waals surface area contributed by atoms with Crippen LogP contribution in [0.1, 0.15) is 25.0 Å². The maximum absolute atomic E-state index is 12.5. The zero-order chi connectivity index (χ0) is 20.1. The number of hydrogen-bond acceptors (Lipinski definition) is 6. The van der Waals surface area contributed by atoms with Gasteiger partial charge in [0.1, 0.15) is 10.1 Å². The number of furan rings is 1. The topological polar surface area (TPSA) is 91.1 Å². The van der Waals surface area contributed by atoms with Gasteiger partial charge in [-0.3, -0.25) is 19.3 Å². The maximum atomic E-state index is 12.5. The van der Waals surface area contributed by atoms with Crippen LogP contribution in [0.4, 0.5) is 0 Å². The van der Waals surface area contributed by atoms with Crippen molar-refractivity contribution < 1.29 is 23.9 Å². The summed E-state index contributed by atoms with van der Waals surface area (Å²) in [5, 5.41) is 9.03. The van der Waals surface area contributed by atoms with Crippen LogP contribution in [-0.4, -0.2) is 56.6 Å². The molecule has 0 atom stereocenters. The molecular weight excluding hydrogens is 400 g/mol. The Morgan fingerprint density at radius 2 is 2.11 bits per heavy atom. The number of carbonyl (C=O) groups is 3. The molecule has 2 fully saturated rings. The maximum Gasteiger partial charge on any atom is 0.306 e. The van der Waals surface area contributed by atoms with Crippen molar-refractivity contribution in [1.29, 1.82) is 0 Å². The molecule has 3 rings (SSSR count). The van der Waals surface area contributed by atoms with Gasteiger partial charge in [-0.25, -0.2) is 0 Å². The van der Waals surface area contributed by atoms with E-state index in [1.165, 1.54) is 16.7 Å². The molecule has 0 aromatic carbocycles. The molecule has 1 aromatic heterocycles. The molecule has 148 valence electrons. The Hall–Kier alpha value is -2.39. The molecule has 0 saturated carbocycles. The molecule has 7 nitrogen and oxygen atoms in total. The SMILES string of the molecule is O=C(O)C1CCN(C(=O)CCN2C(=O)C(=CC=Cc3ccco3)SC2=S)CC1. The Kier molecular flexibility index (Phi) is 6.69. The summed E-state index contributed by atoms with van der Waals surface area (Å²) in [6.45, 7) is 1.10. The Morgan fingerprint density at radius 3 is 2.75 bits per heavy atom. The van der Waals surface area contributed by atoms with E-state index < -0.39 is 5.97 Å². The molecule has 0 aliphatic carbocycles. The molecule has 1 N–H and O–H groups in total. The summed E-state index contributed by atoms with van der Waals surface area (Å²) >= 11 is 6.48. The first kappa shape index (κ1) is 20.3. The fraction of sp³-hybridized carbons (Fsp3) is 0.368.